The molecular formula is C29H29N3O7S. The number of benzene rings is 2. The van der Waals surface area contributed by atoms with Crippen molar-refractivity contribution in [2.24, 2.45) is 4.99 Å². The number of rotatable bonds is 7. The van der Waals surface area contributed by atoms with E-state index < -0.39 is 17.6 Å². The van der Waals surface area contributed by atoms with Crippen molar-refractivity contribution in [1.82, 2.24) is 4.57 Å². The maximum Gasteiger partial charge on any atom is 0.338 e. The molecule has 40 heavy (non-hydrogen) atoms. The molecule has 0 saturated heterocycles. The molecule has 0 radical (unpaired) electrons. The van der Waals surface area contributed by atoms with Gasteiger partial charge in [0.05, 0.1) is 56.5 Å². The van der Waals surface area contributed by atoms with Gasteiger partial charge in [0.2, 0.25) is 5.75 Å². The lowest BCUT2D eigenvalue weighted by Crippen LogP contribution is -2.41. The molecule has 1 atom stereocenters. The Bertz CT molecular complexity index is 1730. The van der Waals surface area contributed by atoms with E-state index in [-0.39, 0.29) is 22.6 Å². The van der Waals surface area contributed by atoms with Crippen molar-refractivity contribution in [3.05, 3.63) is 78.5 Å². The van der Waals surface area contributed by atoms with Gasteiger partial charge in [0.1, 0.15) is 4.53 Å². The number of carbonyl (C=O) groups excluding carboxylic acids is 2. The van der Waals surface area contributed by atoms with E-state index in [1.165, 1.54) is 25.9 Å². The number of thiazole rings is 1. The van der Waals surface area contributed by atoms with Crippen LogP contribution in [0.3, 0.4) is 0 Å². The van der Waals surface area contributed by atoms with Gasteiger partial charge in [0, 0.05) is 12.1 Å². The van der Waals surface area contributed by atoms with Gasteiger partial charge in [-0.2, -0.15) is 0 Å². The molecule has 3 aromatic rings. The molecule has 0 N–H and O–H groups in total. The molecule has 2 aromatic carbocycles. The number of allylic oxidation sites excluding steroid dienone is 1. The van der Waals surface area contributed by atoms with Crippen molar-refractivity contribution in [2.45, 2.75) is 26.8 Å². The Morgan fingerprint density at radius 2 is 1.70 bits per heavy atom. The third-order valence-electron chi connectivity index (χ3n) is 6.96. The van der Waals surface area contributed by atoms with Crippen LogP contribution >= 0.6 is 11.3 Å². The fraction of sp³-hybridized carbons (Fsp3) is 0.310. The lowest BCUT2D eigenvalue weighted by atomic mass is 9.95. The quantitative estimate of drug-likeness (QED) is 0.407. The first-order valence-corrected chi connectivity index (χ1v) is 13.6. The van der Waals surface area contributed by atoms with Crippen LogP contribution in [-0.4, -0.2) is 50.9 Å². The monoisotopic (exact) mass is 563 g/mol. The highest BCUT2D eigenvalue weighted by Crippen LogP contribution is 2.42. The molecule has 1 amide bonds. The van der Waals surface area contributed by atoms with Crippen LogP contribution in [-0.2, 0) is 14.3 Å². The largest absolute Gasteiger partial charge is 0.493 e. The normalized spacial score (nSPS) is 17.3. The first-order chi connectivity index (χ1) is 19.3. The summed E-state index contributed by atoms with van der Waals surface area (Å²) in [7, 11) is 4.48. The summed E-state index contributed by atoms with van der Waals surface area (Å²) in [6, 6.07) is 9.86. The Morgan fingerprint density at radius 3 is 2.30 bits per heavy atom. The number of esters is 1. The maximum absolute atomic E-state index is 14.3. The van der Waals surface area contributed by atoms with E-state index in [1.807, 2.05) is 31.2 Å². The Labute approximate surface area is 234 Å². The van der Waals surface area contributed by atoms with Crippen LogP contribution in [0.5, 0.6) is 17.2 Å². The van der Waals surface area contributed by atoms with Crippen LogP contribution in [0, 0.1) is 0 Å². The van der Waals surface area contributed by atoms with Gasteiger partial charge < -0.3 is 23.8 Å². The molecule has 3 heterocycles. The van der Waals surface area contributed by atoms with E-state index >= 15 is 0 Å². The molecule has 2 aliphatic heterocycles. The van der Waals surface area contributed by atoms with Gasteiger partial charge in [-0.3, -0.25) is 14.2 Å². The first-order valence-electron chi connectivity index (χ1n) is 12.7. The number of para-hydroxylation sites is 1. The Balaban J connectivity index is 1.85. The predicted octanol–water partition coefficient (Wildman–Crippen LogP) is 2.56. The van der Waals surface area contributed by atoms with Gasteiger partial charge in [0.15, 0.2) is 16.3 Å². The number of nitrogens with zero attached hydrogens (tertiary/aromatic N) is 3. The molecule has 10 nitrogen and oxygen atoms in total. The highest BCUT2D eigenvalue weighted by atomic mass is 32.1. The molecule has 0 aliphatic carbocycles. The Morgan fingerprint density at radius 1 is 1.02 bits per heavy atom. The van der Waals surface area contributed by atoms with Gasteiger partial charge in [-0.05, 0) is 44.5 Å². The van der Waals surface area contributed by atoms with Crippen molar-refractivity contribution in [3.63, 3.8) is 0 Å². The standard InChI is InChI=1S/C29H29N3O7S/c1-7-31-18-12-10-9-11-17(18)22(26(31)33)25-27(34)32-23(16-13-19(36-4)24(38-6)20(14-16)37-5)21(28(35)39-8-2)15(3)30-29(32)40-25/h9-14,23H,7-8H2,1-6H3/b25-22+/t23-/m1/s1. The summed E-state index contributed by atoms with van der Waals surface area (Å²) in [5.74, 6) is 0.241. The average Bonchev–Trinajstić information content (AvgIpc) is 3.42. The van der Waals surface area contributed by atoms with Crippen LogP contribution in [0.25, 0.3) is 5.57 Å². The first kappa shape index (κ1) is 27.2. The van der Waals surface area contributed by atoms with E-state index in [9.17, 15) is 14.4 Å². The number of aromatic nitrogens is 1. The fourth-order valence-electron chi connectivity index (χ4n) is 5.23. The van der Waals surface area contributed by atoms with Crippen LogP contribution in [0.1, 0.15) is 37.9 Å². The molecule has 5 rings (SSSR count). The van der Waals surface area contributed by atoms with Crippen molar-refractivity contribution in [1.29, 1.82) is 0 Å². The molecule has 0 bridgehead atoms. The highest BCUT2D eigenvalue weighted by Gasteiger charge is 2.37. The van der Waals surface area contributed by atoms with Gasteiger partial charge in [-0.1, -0.05) is 29.5 Å². The van der Waals surface area contributed by atoms with Crippen molar-refractivity contribution in [3.8, 4) is 17.2 Å². The lowest BCUT2D eigenvalue weighted by molar-refractivity contribution is -0.139. The summed E-state index contributed by atoms with van der Waals surface area (Å²) in [5, 5.41) is 0. The molecule has 0 saturated carbocycles. The van der Waals surface area contributed by atoms with E-state index in [0.717, 1.165) is 17.0 Å². The Kier molecular flexibility index (Phi) is 7.24. The molecule has 2 aliphatic rings. The molecule has 208 valence electrons. The van der Waals surface area contributed by atoms with Crippen molar-refractivity contribution >= 4 is 34.5 Å². The maximum atomic E-state index is 14.3. The van der Waals surface area contributed by atoms with E-state index in [2.05, 4.69) is 4.99 Å². The molecule has 11 heteroatoms. The number of anilines is 1. The summed E-state index contributed by atoms with van der Waals surface area (Å²) >= 11 is 1.12. The van der Waals surface area contributed by atoms with Crippen molar-refractivity contribution in [2.75, 3.05) is 39.4 Å². The summed E-state index contributed by atoms with van der Waals surface area (Å²) in [4.78, 5) is 47.8. The highest BCUT2D eigenvalue weighted by molar-refractivity contribution is 7.07. The van der Waals surface area contributed by atoms with Gasteiger partial charge >= 0.3 is 5.97 Å². The number of fused-ring (bicyclic) bond motifs is 2. The summed E-state index contributed by atoms with van der Waals surface area (Å²) < 4.78 is 23.7. The van der Waals surface area contributed by atoms with E-state index in [4.69, 9.17) is 18.9 Å². The topological polar surface area (TPSA) is 109 Å². The number of amides is 1. The van der Waals surface area contributed by atoms with Crippen LogP contribution in [0.2, 0.25) is 0 Å². The zero-order chi connectivity index (χ0) is 28.7. The zero-order valence-electron chi connectivity index (χ0n) is 23.1. The van der Waals surface area contributed by atoms with Gasteiger partial charge in [0.25, 0.3) is 11.5 Å². The minimum atomic E-state index is -0.924. The molecule has 0 unspecified atom stereocenters. The lowest BCUT2D eigenvalue weighted by Gasteiger charge is -2.26. The number of hydrogen-bond donors (Lipinski definition) is 0. The van der Waals surface area contributed by atoms with Crippen LogP contribution in [0.15, 0.2) is 57.5 Å². The average molecular weight is 564 g/mol. The van der Waals surface area contributed by atoms with Crippen molar-refractivity contribution < 1.29 is 28.5 Å². The SMILES string of the molecule is CCOC(=O)C1=C(C)N=c2s/c(=C3/C(=O)N(CC)c4ccccc43)c(=O)n2[C@@H]1c1cc(OC)c(OC)c(OC)c1. The van der Waals surface area contributed by atoms with E-state index in [0.29, 0.717) is 51.0 Å². The molecule has 0 spiro atoms. The second kappa shape index (κ2) is 10.6. The fourth-order valence-corrected chi connectivity index (χ4v) is 6.37. The predicted molar refractivity (Wildman–Crippen MR) is 150 cm³/mol. The summed E-state index contributed by atoms with van der Waals surface area (Å²) in [5.41, 5.74) is 2.46. The van der Waals surface area contributed by atoms with Crippen LogP contribution < -0.4 is 34.0 Å². The Hall–Kier alpha value is -4.38. The second-order valence-corrected chi connectivity index (χ2v) is 10.0. The molecule has 0 fully saturated rings. The molecule has 1 aromatic heterocycles. The van der Waals surface area contributed by atoms with Gasteiger partial charge in [-0.15, -0.1) is 0 Å². The number of hydrogen-bond acceptors (Lipinski definition) is 9. The smallest absolute Gasteiger partial charge is 0.338 e. The summed E-state index contributed by atoms with van der Waals surface area (Å²) in [6.45, 7) is 5.90. The third-order valence-corrected chi connectivity index (χ3v) is 8.02. The van der Waals surface area contributed by atoms with Gasteiger partial charge in [-0.25, -0.2) is 9.79 Å². The summed E-state index contributed by atoms with van der Waals surface area (Å²) in [6.07, 6.45) is 0. The molecular weight excluding hydrogens is 534 g/mol. The minimum Gasteiger partial charge on any atom is -0.493 e. The van der Waals surface area contributed by atoms with Crippen LogP contribution in [0.4, 0.5) is 5.69 Å². The number of likely N-dealkylation sites (N-methyl/N-ethyl adjacent to an activating group) is 1. The van der Waals surface area contributed by atoms with E-state index in [1.54, 1.807) is 30.9 Å². The minimum absolute atomic E-state index is 0.143. The third kappa shape index (κ3) is 4.08. The zero-order valence-corrected chi connectivity index (χ0v) is 23.9. The number of methoxy groups -OCH3 is 3. The number of carbonyl (C=O) groups is 2. The second-order valence-electron chi connectivity index (χ2n) is 9.02. The number of ether oxygens (including phenoxy) is 4.